The minimum absolute atomic E-state index is 0.726. The molecule has 0 radical (unpaired) electrons. The molecule has 0 aliphatic carbocycles. The van der Waals surface area contributed by atoms with Gasteiger partial charge < -0.3 is 14.3 Å². The van der Waals surface area contributed by atoms with E-state index in [1.807, 2.05) is 23.6 Å². The summed E-state index contributed by atoms with van der Waals surface area (Å²) in [6.07, 6.45) is 0.938. The zero-order valence-electron chi connectivity index (χ0n) is 9.49. The third-order valence-electron chi connectivity index (χ3n) is 2.49. The molecule has 4 nitrogen and oxygen atoms in total. The number of rotatable bonds is 4. The Morgan fingerprint density at radius 2 is 2.31 bits per heavy atom. The Balaban J connectivity index is 2.38. The lowest BCUT2D eigenvalue weighted by Crippen LogP contribution is -2.02. The Morgan fingerprint density at radius 3 is 3.06 bits per heavy atom. The molecule has 0 unspecified atom stereocenters. The summed E-state index contributed by atoms with van der Waals surface area (Å²) in [5, 5.41) is 0. The van der Waals surface area contributed by atoms with E-state index in [2.05, 4.69) is 9.97 Å². The van der Waals surface area contributed by atoms with E-state index in [0.29, 0.717) is 0 Å². The zero-order chi connectivity index (χ0) is 11.5. The first-order valence-electron chi connectivity index (χ1n) is 5.27. The second kappa shape index (κ2) is 4.76. The quantitative estimate of drug-likeness (QED) is 0.656. The highest BCUT2D eigenvalue weighted by Gasteiger charge is 2.05. The molecule has 16 heavy (non-hydrogen) atoms. The number of imidazole rings is 1. The van der Waals surface area contributed by atoms with Crippen molar-refractivity contribution in [2.75, 3.05) is 13.7 Å². The summed E-state index contributed by atoms with van der Waals surface area (Å²) in [4.78, 5) is 7.66. The van der Waals surface area contributed by atoms with Gasteiger partial charge in [-0.15, -0.1) is 0 Å². The molecule has 86 valence electrons. The molecule has 0 saturated carbocycles. The van der Waals surface area contributed by atoms with Crippen molar-refractivity contribution in [2.45, 2.75) is 19.9 Å². The van der Waals surface area contributed by atoms with E-state index in [9.17, 15) is 0 Å². The van der Waals surface area contributed by atoms with E-state index in [4.69, 9.17) is 17.0 Å². The van der Waals surface area contributed by atoms with Crippen molar-refractivity contribution in [3.8, 4) is 0 Å². The van der Waals surface area contributed by atoms with Gasteiger partial charge in [0.25, 0.3) is 0 Å². The van der Waals surface area contributed by atoms with Crippen LogP contribution in [-0.2, 0) is 11.3 Å². The topological polar surface area (TPSA) is 42.8 Å². The molecule has 2 heterocycles. The molecule has 0 amide bonds. The number of pyridine rings is 1. The predicted molar refractivity (Wildman–Crippen MR) is 66.1 cm³/mol. The minimum atomic E-state index is 0.726. The van der Waals surface area contributed by atoms with E-state index in [1.54, 1.807) is 7.11 Å². The molecule has 2 rings (SSSR count). The van der Waals surface area contributed by atoms with Crippen LogP contribution in [0.25, 0.3) is 11.2 Å². The van der Waals surface area contributed by atoms with Crippen molar-refractivity contribution in [3.63, 3.8) is 0 Å². The fourth-order valence-corrected chi connectivity index (χ4v) is 1.99. The van der Waals surface area contributed by atoms with E-state index < -0.39 is 0 Å². The Labute approximate surface area is 99.3 Å². The molecule has 0 aliphatic heterocycles. The molecule has 0 aromatic carbocycles. The van der Waals surface area contributed by atoms with Crippen LogP contribution in [0.2, 0.25) is 0 Å². The van der Waals surface area contributed by atoms with Gasteiger partial charge in [0.05, 0.1) is 5.52 Å². The second-order valence-corrected chi connectivity index (χ2v) is 4.14. The number of aromatic amines is 1. The SMILES string of the molecule is COCCCn1c(=S)[nH]c2ccc(C)nc21. The van der Waals surface area contributed by atoms with Crippen LogP contribution in [0.1, 0.15) is 12.1 Å². The van der Waals surface area contributed by atoms with Gasteiger partial charge in [-0.2, -0.15) is 0 Å². The number of ether oxygens (including phenoxy) is 1. The highest BCUT2D eigenvalue weighted by Crippen LogP contribution is 2.12. The van der Waals surface area contributed by atoms with Gasteiger partial charge in [0.2, 0.25) is 0 Å². The Bertz CT molecular complexity index is 544. The third kappa shape index (κ3) is 2.15. The van der Waals surface area contributed by atoms with Crippen molar-refractivity contribution < 1.29 is 4.74 Å². The lowest BCUT2D eigenvalue weighted by molar-refractivity contribution is 0.190. The maximum absolute atomic E-state index is 5.27. The molecule has 0 aliphatic rings. The maximum Gasteiger partial charge on any atom is 0.179 e. The van der Waals surface area contributed by atoms with Crippen LogP contribution in [0.5, 0.6) is 0 Å². The van der Waals surface area contributed by atoms with Crippen LogP contribution in [-0.4, -0.2) is 28.3 Å². The Morgan fingerprint density at radius 1 is 1.50 bits per heavy atom. The molecule has 2 aromatic rings. The van der Waals surface area contributed by atoms with Gasteiger partial charge in [0.15, 0.2) is 10.4 Å². The number of H-pyrrole nitrogens is 1. The average molecular weight is 237 g/mol. The number of nitrogens with zero attached hydrogens (tertiary/aromatic N) is 2. The van der Waals surface area contributed by atoms with E-state index in [1.165, 1.54) is 0 Å². The largest absolute Gasteiger partial charge is 0.385 e. The van der Waals surface area contributed by atoms with Crippen LogP contribution >= 0.6 is 12.2 Å². The van der Waals surface area contributed by atoms with Crippen molar-refractivity contribution in [1.29, 1.82) is 0 Å². The van der Waals surface area contributed by atoms with Gasteiger partial charge in [-0.3, -0.25) is 0 Å². The fraction of sp³-hybridized carbons (Fsp3) is 0.455. The first-order chi connectivity index (χ1) is 7.72. The number of aromatic nitrogens is 3. The Kier molecular flexibility index (Phi) is 3.36. The van der Waals surface area contributed by atoms with Crippen molar-refractivity contribution >= 4 is 23.4 Å². The first-order valence-corrected chi connectivity index (χ1v) is 5.68. The number of fused-ring (bicyclic) bond motifs is 1. The molecule has 0 atom stereocenters. The molecule has 0 fully saturated rings. The number of hydrogen-bond donors (Lipinski definition) is 1. The summed E-state index contributed by atoms with van der Waals surface area (Å²) in [6.45, 7) is 3.55. The van der Waals surface area contributed by atoms with Crippen molar-refractivity contribution in [1.82, 2.24) is 14.5 Å². The van der Waals surface area contributed by atoms with Crippen LogP contribution in [0.15, 0.2) is 12.1 Å². The highest BCUT2D eigenvalue weighted by atomic mass is 32.1. The molecule has 0 spiro atoms. The number of aryl methyl sites for hydroxylation is 2. The lowest BCUT2D eigenvalue weighted by Gasteiger charge is -2.03. The molecule has 5 heteroatoms. The minimum Gasteiger partial charge on any atom is -0.385 e. The smallest absolute Gasteiger partial charge is 0.179 e. The number of methoxy groups -OCH3 is 1. The average Bonchev–Trinajstić information content (AvgIpc) is 2.56. The summed E-state index contributed by atoms with van der Waals surface area (Å²) >= 11 is 5.27. The van der Waals surface area contributed by atoms with E-state index in [-0.39, 0.29) is 0 Å². The molecular weight excluding hydrogens is 222 g/mol. The Hall–Kier alpha value is -1.20. The van der Waals surface area contributed by atoms with Gasteiger partial charge in [-0.05, 0) is 37.7 Å². The summed E-state index contributed by atoms with van der Waals surface area (Å²) in [7, 11) is 1.71. The van der Waals surface area contributed by atoms with E-state index in [0.717, 1.165) is 41.2 Å². The molecule has 2 aromatic heterocycles. The second-order valence-electron chi connectivity index (χ2n) is 3.75. The van der Waals surface area contributed by atoms with Crippen LogP contribution in [0, 0.1) is 11.7 Å². The summed E-state index contributed by atoms with van der Waals surface area (Å²) in [6, 6.07) is 3.99. The van der Waals surface area contributed by atoms with Gasteiger partial charge in [-0.25, -0.2) is 4.98 Å². The van der Waals surface area contributed by atoms with Crippen molar-refractivity contribution in [2.24, 2.45) is 0 Å². The number of nitrogens with one attached hydrogen (secondary N) is 1. The maximum atomic E-state index is 5.27. The standard InChI is InChI=1S/C11H15N3OS/c1-8-4-5-9-10(12-8)14(11(16)13-9)6-3-7-15-2/h4-5H,3,6-7H2,1-2H3,(H,13,16). The number of hydrogen-bond acceptors (Lipinski definition) is 3. The fourth-order valence-electron chi connectivity index (χ4n) is 1.70. The lowest BCUT2D eigenvalue weighted by atomic mass is 10.3. The van der Waals surface area contributed by atoms with Gasteiger partial charge in [0, 0.05) is 26.0 Å². The van der Waals surface area contributed by atoms with Gasteiger partial charge in [-0.1, -0.05) is 0 Å². The summed E-state index contributed by atoms with van der Waals surface area (Å²) in [5.74, 6) is 0. The molecule has 0 saturated heterocycles. The van der Waals surface area contributed by atoms with E-state index >= 15 is 0 Å². The van der Waals surface area contributed by atoms with Crippen LogP contribution in [0.4, 0.5) is 0 Å². The highest BCUT2D eigenvalue weighted by molar-refractivity contribution is 7.71. The molecule has 0 bridgehead atoms. The normalized spacial score (nSPS) is 11.1. The summed E-state index contributed by atoms with van der Waals surface area (Å²) < 4.78 is 7.79. The predicted octanol–water partition coefficient (Wildman–Crippen LogP) is 2.44. The first kappa shape index (κ1) is 11.3. The zero-order valence-corrected chi connectivity index (χ0v) is 10.3. The monoisotopic (exact) mass is 237 g/mol. The van der Waals surface area contributed by atoms with Crippen molar-refractivity contribution in [3.05, 3.63) is 22.6 Å². The van der Waals surface area contributed by atoms with Gasteiger partial charge in [0.1, 0.15) is 0 Å². The van der Waals surface area contributed by atoms with Crippen LogP contribution in [0.3, 0.4) is 0 Å². The molecular formula is C11H15N3OS. The molecule has 1 N–H and O–H groups in total. The van der Waals surface area contributed by atoms with Gasteiger partial charge >= 0.3 is 0 Å². The summed E-state index contributed by atoms with van der Waals surface area (Å²) in [5.41, 5.74) is 2.93. The van der Waals surface area contributed by atoms with Crippen LogP contribution < -0.4 is 0 Å². The third-order valence-corrected chi connectivity index (χ3v) is 2.81.